The highest BCUT2D eigenvalue weighted by molar-refractivity contribution is 7.89. The first-order valence-electron chi connectivity index (χ1n) is 9.22. The fourth-order valence-electron chi connectivity index (χ4n) is 2.46. The predicted octanol–water partition coefficient (Wildman–Crippen LogP) is 1.15. The van der Waals surface area contributed by atoms with Crippen LogP contribution in [0.3, 0.4) is 0 Å². The zero-order chi connectivity index (χ0) is 22.1. The summed E-state index contributed by atoms with van der Waals surface area (Å²) in [7, 11) is -2.46. The second kappa shape index (κ2) is 10.6. The number of ether oxygens (including phenoxy) is 2. The molecule has 0 heterocycles. The Morgan fingerprint density at radius 1 is 1.03 bits per heavy atom. The molecular weight excluding hydrogens is 410 g/mol. The molecule has 0 bridgehead atoms. The van der Waals surface area contributed by atoms with E-state index in [0.29, 0.717) is 11.5 Å². The van der Waals surface area contributed by atoms with E-state index in [9.17, 15) is 18.0 Å². The van der Waals surface area contributed by atoms with Gasteiger partial charge in [0.05, 0.1) is 18.0 Å². The van der Waals surface area contributed by atoms with Gasteiger partial charge in [-0.05, 0) is 49.2 Å². The lowest BCUT2D eigenvalue weighted by Gasteiger charge is -2.15. The normalized spacial score (nSPS) is 12.0. The maximum Gasteiger partial charge on any atom is 0.276 e. The number of nitrogens with one attached hydrogen (secondary N) is 3. The van der Waals surface area contributed by atoms with Gasteiger partial charge in [-0.2, -0.15) is 4.72 Å². The summed E-state index contributed by atoms with van der Waals surface area (Å²) in [5.41, 5.74) is 5.33. The van der Waals surface area contributed by atoms with Crippen LogP contribution in [0.5, 0.6) is 11.5 Å². The van der Waals surface area contributed by atoms with Crippen molar-refractivity contribution in [1.82, 2.24) is 15.6 Å². The molecule has 2 aromatic rings. The van der Waals surface area contributed by atoms with E-state index >= 15 is 0 Å². The van der Waals surface area contributed by atoms with Crippen molar-refractivity contribution in [3.05, 3.63) is 54.1 Å². The molecule has 0 aromatic heterocycles. The highest BCUT2D eigenvalue weighted by atomic mass is 32.2. The first-order chi connectivity index (χ1) is 14.3. The predicted molar refractivity (Wildman–Crippen MR) is 110 cm³/mol. The highest BCUT2D eigenvalue weighted by Gasteiger charge is 2.22. The van der Waals surface area contributed by atoms with Crippen LogP contribution in [0.2, 0.25) is 0 Å². The fraction of sp³-hybridized carbons (Fsp3) is 0.300. The van der Waals surface area contributed by atoms with Crippen LogP contribution in [0.4, 0.5) is 0 Å². The van der Waals surface area contributed by atoms with Crippen LogP contribution < -0.4 is 25.0 Å². The maximum atomic E-state index is 12.4. The number of amides is 2. The Labute approximate surface area is 175 Å². The van der Waals surface area contributed by atoms with Crippen LogP contribution in [0.15, 0.2) is 53.4 Å². The van der Waals surface area contributed by atoms with Gasteiger partial charge >= 0.3 is 0 Å². The van der Waals surface area contributed by atoms with Crippen molar-refractivity contribution >= 4 is 21.8 Å². The van der Waals surface area contributed by atoms with E-state index in [1.165, 1.54) is 38.3 Å². The molecule has 2 rings (SSSR count). The fourth-order valence-corrected chi connectivity index (χ4v) is 3.67. The van der Waals surface area contributed by atoms with Crippen molar-refractivity contribution in [1.29, 1.82) is 0 Å². The first kappa shape index (κ1) is 23.2. The van der Waals surface area contributed by atoms with Crippen LogP contribution >= 0.6 is 0 Å². The van der Waals surface area contributed by atoms with Crippen LogP contribution in [0.1, 0.15) is 19.4 Å². The zero-order valence-corrected chi connectivity index (χ0v) is 17.8. The average molecular weight is 436 g/mol. The monoisotopic (exact) mass is 435 g/mol. The van der Waals surface area contributed by atoms with Crippen molar-refractivity contribution in [3.8, 4) is 11.5 Å². The first-order valence-corrected chi connectivity index (χ1v) is 10.7. The number of para-hydroxylation sites is 1. The van der Waals surface area contributed by atoms with Crippen molar-refractivity contribution in [2.24, 2.45) is 0 Å². The molecule has 0 spiro atoms. The Morgan fingerprint density at radius 2 is 1.70 bits per heavy atom. The van der Waals surface area contributed by atoms with Crippen LogP contribution in [-0.4, -0.2) is 40.0 Å². The minimum atomic E-state index is -3.93. The third-order valence-electron chi connectivity index (χ3n) is 4.13. The molecule has 0 aliphatic carbocycles. The Kier molecular flexibility index (Phi) is 8.19. The molecular formula is C20H25N3O6S. The molecule has 2 amide bonds. The Morgan fingerprint density at radius 3 is 2.33 bits per heavy atom. The van der Waals surface area contributed by atoms with E-state index in [0.717, 1.165) is 12.0 Å². The van der Waals surface area contributed by atoms with Crippen molar-refractivity contribution in [2.75, 3.05) is 13.7 Å². The van der Waals surface area contributed by atoms with Gasteiger partial charge in [-0.3, -0.25) is 20.4 Å². The number of hydrogen-bond donors (Lipinski definition) is 3. The molecule has 2 aromatic carbocycles. The average Bonchev–Trinajstić information content (AvgIpc) is 2.75. The minimum absolute atomic E-state index is 0.0185. The van der Waals surface area contributed by atoms with E-state index in [-0.39, 0.29) is 11.5 Å². The smallest absolute Gasteiger partial charge is 0.276 e. The van der Waals surface area contributed by atoms with Gasteiger partial charge in [0.2, 0.25) is 10.0 Å². The number of sulfonamides is 1. The molecule has 1 atom stereocenters. The number of aryl methyl sites for hydroxylation is 1. The molecule has 162 valence electrons. The molecule has 0 aliphatic rings. The number of benzene rings is 2. The number of carbonyl (C=O) groups excluding carboxylic acids is 2. The summed E-state index contributed by atoms with van der Waals surface area (Å²) >= 11 is 0. The molecule has 0 radical (unpaired) electrons. The summed E-state index contributed by atoms with van der Waals surface area (Å²) in [5.74, 6) is -0.220. The van der Waals surface area contributed by atoms with E-state index in [2.05, 4.69) is 15.6 Å². The summed E-state index contributed by atoms with van der Waals surface area (Å²) < 4.78 is 37.4. The zero-order valence-electron chi connectivity index (χ0n) is 17.0. The topological polar surface area (TPSA) is 123 Å². The minimum Gasteiger partial charge on any atom is -0.497 e. The molecule has 9 nitrogen and oxygen atoms in total. The van der Waals surface area contributed by atoms with Crippen molar-refractivity contribution in [2.45, 2.75) is 31.2 Å². The van der Waals surface area contributed by atoms with Gasteiger partial charge in [0.25, 0.3) is 11.8 Å². The van der Waals surface area contributed by atoms with E-state index in [1.807, 2.05) is 19.1 Å². The largest absolute Gasteiger partial charge is 0.497 e. The number of hydrogen-bond acceptors (Lipinski definition) is 6. The lowest BCUT2D eigenvalue weighted by atomic mass is 10.1. The number of hydrazine groups is 1. The van der Waals surface area contributed by atoms with Gasteiger partial charge in [0, 0.05) is 0 Å². The molecule has 0 aliphatic heterocycles. The SMILES string of the molecule is CCc1ccccc1OCC(=O)NNC(=O)[C@H](C)NS(=O)(=O)c1ccc(OC)cc1. The molecule has 0 saturated heterocycles. The van der Waals surface area contributed by atoms with E-state index in [4.69, 9.17) is 9.47 Å². The summed E-state index contributed by atoms with van der Waals surface area (Å²) in [6, 6.07) is 11.9. The van der Waals surface area contributed by atoms with Crippen molar-refractivity contribution < 1.29 is 27.5 Å². The molecule has 3 N–H and O–H groups in total. The van der Waals surface area contributed by atoms with Gasteiger partial charge in [0.15, 0.2) is 6.61 Å². The summed E-state index contributed by atoms with van der Waals surface area (Å²) in [5, 5.41) is 0. The molecule has 10 heteroatoms. The van der Waals surface area contributed by atoms with Gasteiger partial charge in [-0.25, -0.2) is 8.42 Å². The van der Waals surface area contributed by atoms with Gasteiger partial charge < -0.3 is 9.47 Å². The number of methoxy groups -OCH3 is 1. The molecule has 0 fully saturated rings. The van der Waals surface area contributed by atoms with Crippen LogP contribution in [-0.2, 0) is 26.0 Å². The highest BCUT2D eigenvalue weighted by Crippen LogP contribution is 2.18. The Balaban J connectivity index is 1.83. The Hall–Kier alpha value is -3.11. The quantitative estimate of drug-likeness (QED) is 0.508. The second-order valence-electron chi connectivity index (χ2n) is 6.31. The van der Waals surface area contributed by atoms with Gasteiger partial charge in [0.1, 0.15) is 11.5 Å². The molecule has 0 unspecified atom stereocenters. The standard InChI is InChI=1S/C20H25N3O6S/c1-4-15-7-5-6-8-18(15)29-13-19(24)21-22-20(25)14(2)23-30(26,27)17-11-9-16(28-3)10-12-17/h5-12,14,23H,4,13H2,1-3H3,(H,21,24)(H,22,25)/t14-/m0/s1. The lowest BCUT2D eigenvalue weighted by molar-refractivity contribution is -0.130. The summed E-state index contributed by atoms with van der Waals surface area (Å²) in [6.45, 7) is 3.02. The van der Waals surface area contributed by atoms with Crippen LogP contribution in [0, 0.1) is 0 Å². The van der Waals surface area contributed by atoms with Crippen molar-refractivity contribution in [3.63, 3.8) is 0 Å². The number of rotatable bonds is 9. The Bertz CT molecular complexity index is 976. The summed E-state index contributed by atoms with van der Waals surface area (Å²) in [4.78, 5) is 24.0. The van der Waals surface area contributed by atoms with Gasteiger partial charge in [-0.1, -0.05) is 25.1 Å². The van der Waals surface area contributed by atoms with Crippen LogP contribution in [0.25, 0.3) is 0 Å². The second-order valence-corrected chi connectivity index (χ2v) is 8.02. The lowest BCUT2D eigenvalue weighted by Crippen LogP contribution is -2.51. The maximum absolute atomic E-state index is 12.4. The number of carbonyl (C=O) groups is 2. The molecule has 0 saturated carbocycles. The third kappa shape index (κ3) is 6.46. The van der Waals surface area contributed by atoms with E-state index in [1.54, 1.807) is 12.1 Å². The molecule has 30 heavy (non-hydrogen) atoms. The summed E-state index contributed by atoms with van der Waals surface area (Å²) in [6.07, 6.45) is 0.750. The third-order valence-corrected chi connectivity index (χ3v) is 5.69. The van der Waals surface area contributed by atoms with Gasteiger partial charge in [-0.15, -0.1) is 0 Å². The van der Waals surface area contributed by atoms with E-state index < -0.39 is 27.9 Å².